The number of aryl methyl sites for hydroxylation is 1. The lowest BCUT2D eigenvalue weighted by Crippen LogP contribution is -2.34. The molecule has 2 rings (SSSR count). The molecule has 90 valence electrons. The molecule has 17 heavy (non-hydrogen) atoms. The number of benzene rings is 1. The molecule has 0 amide bonds. The van der Waals surface area contributed by atoms with Crippen LogP contribution in [0.5, 0.6) is 5.75 Å². The summed E-state index contributed by atoms with van der Waals surface area (Å²) in [6.07, 6.45) is 2.36. The van der Waals surface area contributed by atoms with Gasteiger partial charge in [0.2, 0.25) is 0 Å². The molecule has 0 heterocycles. The fourth-order valence-corrected chi connectivity index (χ4v) is 1.71. The Morgan fingerprint density at radius 2 is 2.24 bits per heavy atom. The van der Waals surface area contributed by atoms with Crippen molar-refractivity contribution in [3.05, 3.63) is 29.3 Å². The topological polar surface area (TPSA) is 45.0 Å². The molecule has 0 spiro atoms. The maximum atomic E-state index is 9.01. The van der Waals surface area contributed by atoms with Crippen LogP contribution in [0.25, 0.3) is 0 Å². The van der Waals surface area contributed by atoms with E-state index in [0.717, 1.165) is 11.3 Å². The summed E-state index contributed by atoms with van der Waals surface area (Å²) >= 11 is 0. The van der Waals surface area contributed by atoms with Crippen molar-refractivity contribution in [3.63, 3.8) is 0 Å². The van der Waals surface area contributed by atoms with Crippen molar-refractivity contribution in [2.24, 2.45) is 0 Å². The second kappa shape index (κ2) is 5.20. The van der Waals surface area contributed by atoms with Crippen LogP contribution >= 0.6 is 0 Å². The van der Waals surface area contributed by atoms with Gasteiger partial charge in [0.05, 0.1) is 6.07 Å². The van der Waals surface area contributed by atoms with Gasteiger partial charge in [-0.05, 0) is 43.9 Å². The Labute approximate surface area is 102 Å². The molecule has 1 aromatic rings. The molecule has 1 aliphatic carbocycles. The lowest BCUT2D eigenvalue weighted by molar-refractivity contribution is 0.286. The molecular weight excluding hydrogens is 212 g/mol. The van der Waals surface area contributed by atoms with Crippen molar-refractivity contribution in [1.29, 1.82) is 5.26 Å². The van der Waals surface area contributed by atoms with E-state index in [1.54, 1.807) is 0 Å². The fraction of sp³-hybridized carbons (Fsp3) is 0.500. The van der Waals surface area contributed by atoms with Crippen LogP contribution in [0.4, 0.5) is 0 Å². The molecule has 1 aliphatic rings. The smallest absolute Gasteiger partial charge is 0.130 e. The maximum absolute atomic E-state index is 9.01. The molecule has 1 fully saturated rings. The molecule has 1 saturated carbocycles. The number of nitrogens with zero attached hydrogens (tertiary/aromatic N) is 1. The van der Waals surface area contributed by atoms with Crippen molar-refractivity contribution in [2.75, 3.05) is 6.61 Å². The Hall–Kier alpha value is -1.53. The van der Waals surface area contributed by atoms with E-state index in [4.69, 9.17) is 10.00 Å². The summed E-state index contributed by atoms with van der Waals surface area (Å²) in [4.78, 5) is 0. The molecule has 0 bridgehead atoms. The highest BCUT2D eigenvalue weighted by atomic mass is 16.5. The van der Waals surface area contributed by atoms with E-state index in [9.17, 15) is 0 Å². The molecule has 3 nitrogen and oxygen atoms in total. The second-order valence-corrected chi connectivity index (χ2v) is 4.63. The summed E-state index contributed by atoms with van der Waals surface area (Å²) in [6.45, 7) is 4.52. The molecule has 1 atom stereocenters. The minimum absolute atomic E-state index is 0.206. The van der Waals surface area contributed by atoms with Gasteiger partial charge >= 0.3 is 0 Å². The van der Waals surface area contributed by atoms with Gasteiger partial charge in [-0.3, -0.25) is 5.32 Å². The van der Waals surface area contributed by atoms with Crippen molar-refractivity contribution in [3.8, 4) is 11.8 Å². The van der Waals surface area contributed by atoms with Crippen LogP contribution < -0.4 is 10.1 Å². The molecule has 1 aromatic carbocycles. The zero-order valence-electron chi connectivity index (χ0n) is 10.4. The number of nitrogens with one attached hydrogen (secondary N) is 1. The zero-order chi connectivity index (χ0) is 12.3. The van der Waals surface area contributed by atoms with Gasteiger partial charge in [0, 0.05) is 6.04 Å². The highest BCUT2D eigenvalue weighted by Crippen LogP contribution is 2.22. The summed E-state index contributed by atoms with van der Waals surface area (Å²) in [5, 5.41) is 12.3. The lowest BCUT2D eigenvalue weighted by Gasteiger charge is -2.14. The molecule has 0 radical (unpaired) electrons. The van der Waals surface area contributed by atoms with E-state index in [2.05, 4.69) is 24.4 Å². The van der Waals surface area contributed by atoms with Gasteiger partial charge in [-0.1, -0.05) is 12.1 Å². The molecule has 0 aliphatic heterocycles. The first-order valence-electron chi connectivity index (χ1n) is 6.05. The van der Waals surface area contributed by atoms with Gasteiger partial charge in [-0.2, -0.15) is 5.26 Å². The SMILES string of the molecule is Cc1cccc(OCC(C#N)NC2CC2)c1C. The van der Waals surface area contributed by atoms with E-state index >= 15 is 0 Å². The van der Waals surface area contributed by atoms with Gasteiger partial charge < -0.3 is 4.74 Å². The monoisotopic (exact) mass is 230 g/mol. The van der Waals surface area contributed by atoms with Gasteiger partial charge in [-0.25, -0.2) is 0 Å². The summed E-state index contributed by atoms with van der Waals surface area (Å²) < 4.78 is 5.71. The Morgan fingerprint density at radius 1 is 1.47 bits per heavy atom. The van der Waals surface area contributed by atoms with E-state index in [1.807, 2.05) is 19.1 Å². The van der Waals surface area contributed by atoms with Crippen molar-refractivity contribution < 1.29 is 4.74 Å². The van der Waals surface area contributed by atoms with Crippen molar-refractivity contribution >= 4 is 0 Å². The number of hydrogen-bond donors (Lipinski definition) is 1. The number of ether oxygens (including phenoxy) is 1. The van der Waals surface area contributed by atoms with E-state index in [1.165, 1.54) is 18.4 Å². The summed E-state index contributed by atoms with van der Waals surface area (Å²) in [5.41, 5.74) is 2.36. The maximum Gasteiger partial charge on any atom is 0.130 e. The lowest BCUT2D eigenvalue weighted by atomic mass is 10.1. The van der Waals surface area contributed by atoms with Gasteiger partial charge in [0.1, 0.15) is 18.4 Å². The van der Waals surface area contributed by atoms with Crippen LogP contribution in [0, 0.1) is 25.2 Å². The summed E-state index contributed by atoms with van der Waals surface area (Å²) in [5.74, 6) is 0.878. The average molecular weight is 230 g/mol. The Bertz CT molecular complexity index is 432. The predicted molar refractivity (Wildman–Crippen MR) is 67.0 cm³/mol. The molecule has 1 unspecified atom stereocenters. The Balaban J connectivity index is 1.91. The number of nitriles is 1. The Morgan fingerprint density at radius 3 is 2.88 bits per heavy atom. The minimum atomic E-state index is -0.206. The van der Waals surface area contributed by atoms with Gasteiger partial charge in [0.25, 0.3) is 0 Å². The molecule has 0 aromatic heterocycles. The van der Waals surface area contributed by atoms with Crippen LogP contribution in [0.15, 0.2) is 18.2 Å². The molecular formula is C14H18N2O. The predicted octanol–water partition coefficient (Wildman–Crippen LogP) is 2.33. The normalized spacial score (nSPS) is 16.3. The third-order valence-electron chi connectivity index (χ3n) is 3.13. The van der Waals surface area contributed by atoms with Crippen LogP contribution in [-0.4, -0.2) is 18.7 Å². The van der Waals surface area contributed by atoms with E-state index in [-0.39, 0.29) is 6.04 Å². The standard InChI is InChI=1S/C14H18N2O/c1-10-4-3-5-14(11(10)2)17-9-13(8-15)16-12-6-7-12/h3-5,12-13,16H,6-7,9H2,1-2H3. The second-order valence-electron chi connectivity index (χ2n) is 4.63. The first kappa shape index (κ1) is 11.9. The third kappa shape index (κ3) is 3.21. The van der Waals surface area contributed by atoms with Crippen LogP contribution in [0.1, 0.15) is 24.0 Å². The highest BCUT2D eigenvalue weighted by molar-refractivity contribution is 5.38. The number of rotatable bonds is 5. The Kier molecular flexibility index (Phi) is 3.65. The van der Waals surface area contributed by atoms with E-state index < -0.39 is 0 Å². The average Bonchev–Trinajstić information content (AvgIpc) is 3.13. The molecule has 3 heteroatoms. The highest BCUT2D eigenvalue weighted by Gasteiger charge is 2.24. The van der Waals surface area contributed by atoms with Crippen LogP contribution in [-0.2, 0) is 0 Å². The molecule has 1 N–H and O–H groups in total. The number of hydrogen-bond acceptors (Lipinski definition) is 3. The zero-order valence-corrected chi connectivity index (χ0v) is 10.4. The first-order valence-corrected chi connectivity index (χ1v) is 6.05. The first-order chi connectivity index (χ1) is 8.20. The van der Waals surface area contributed by atoms with Gasteiger partial charge in [-0.15, -0.1) is 0 Å². The van der Waals surface area contributed by atoms with E-state index in [0.29, 0.717) is 12.6 Å². The van der Waals surface area contributed by atoms with Crippen molar-refractivity contribution in [2.45, 2.75) is 38.8 Å². The van der Waals surface area contributed by atoms with Gasteiger partial charge in [0.15, 0.2) is 0 Å². The van der Waals surface area contributed by atoms with Crippen LogP contribution in [0.2, 0.25) is 0 Å². The van der Waals surface area contributed by atoms with Crippen LogP contribution in [0.3, 0.4) is 0 Å². The quantitative estimate of drug-likeness (QED) is 0.844. The minimum Gasteiger partial charge on any atom is -0.491 e. The summed E-state index contributed by atoms with van der Waals surface area (Å²) in [7, 11) is 0. The molecule has 0 saturated heterocycles. The largest absolute Gasteiger partial charge is 0.491 e. The fourth-order valence-electron chi connectivity index (χ4n) is 1.71. The summed E-state index contributed by atoms with van der Waals surface area (Å²) in [6, 6.07) is 8.56. The third-order valence-corrected chi connectivity index (χ3v) is 3.13. The van der Waals surface area contributed by atoms with Crippen molar-refractivity contribution in [1.82, 2.24) is 5.32 Å².